The molecular weight excluding hydrogens is 387 g/mol. The highest BCUT2D eigenvalue weighted by molar-refractivity contribution is 6.42. The molecule has 0 aliphatic carbocycles. The van der Waals surface area contributed by atoms with Gasteiger partial charge in [-0.3, -0.25) is 5.10 Å². The Morgan fingerprint density at radius 1 is 1.30 bits per heavy atom. The lowest BCUT2D eigenvalue weighted by Crippen LogP contribution is -2.38. The van der Waals surface area contributed by atoms with Gasteiger partial charge in [0.2, 0.25) is 5.82 Å². The summed E-state index contributed by atoms with van der Waals surface area (Å²) in [4.78, 5) is 8.94. The molecule has 3 N–H and O–H groups in total. The third-order valence-electron chi connectivity index (χ3n) is 3.80. The van der Waals surface area contributed by atoms with Crippen molar-refractivity contribution in [1.29, 1.82) is 0 Å². The highest BCUT2D eigenvalue weighted by Gasteiger charge is 2.11. The van der Waals surface area contributed by atoms with E-state index in [1.165, 1.54) is 0 Å². The minimum absolute atomic E-state index is 0.00836. The van der Waals surface area contributed by atoms with E-state index in [1.807, 2.05) is 26.0 Å². The van der Waals surface area contributed by atoms with Crippen LogP contribution in [0.2, 0.25) is 10.0 Å². The molecule has 0 radical (unpaired) electrons. The maximum absolute atomic E-state index is 6.11. The number of furan rings is 1. The number of rotatable bonds is 6. The molecule has 0 saturated heterocycles. The van der Waals surface area contributed by atoms with Crippen LogP contribution < -0.4 is 10.6 Å². The minimum atomic E-state index is -0.00836. The standard InChI is InChI=1S/C18H20Cl2N6O/c1-3-21-18(23-11(2)12-6-7-13(19)14(20)9-12)22-10-16-24-17(26-25-16)15-5-4-8-27-15/h4-9,11H,3,10H2,1-2H3,(H2,21,22,23)(H,24,25,26). The fourth-order valence-electron chi connectivity index (χ4n) is 2.43. The van der Waals surface area contributed by atoms with Gasteiger partial charge in [-0.15, -0.1) is 5.10 Å². The van der Waals surface area contributed by atoms with Crippen molar-refractivity contribution in [3.05, 3.63) is 58.0 Å². The van der Waals surface area contributed by atoms with E-state index < -0.39 is 0 Å². The van der Waals surface area contributed by atoms with Crippen LogP contribution in [-0.2, 0) is 6.54 Å². The van der Waals surface area contributed by atoms with Gasteiger partial charge in [-0.2, -0.15) is 0 Å². The molecule has 142 valence electrons. The molecule has 2 aromatic heterocycles. The van der Waals surface area contributed by atoms with Crippen molar-refractivity contribution in [2.75, 3.05) is 6.54 Å². The normalized spacial score (nSPS) is 12.8. The molecule has 1 aromatic carbocycles. The van der Waals surface area contributed by atoms with Crippen LogP contribution in [0, 0.1) is 0 Å². The number of aliphatic imine (C=N–C) groups is 1. The van der Waals surface area contributed by atoms with Crippen LogP contribution in [0.25, 0.3) is 11.6 Å². The van der Waals surface area contributed by atoms with Crippen molar-refractivity contribution < 1.29 is 4.42 Å². The van der Waals surface area contributed by atoms with Gasteiger partial charge < -0.3 is 15.1 Å². The molecule has 0 amide bonds. The summed E-state index contributed by atoms with van der Waals surface area (Å²) in [6, 6.07) is 9.15. The van der Waals surface area contributed by atoms with Gasteiger partial charge in [0, 0.05) is 6.54 Å². The Balaban J connectivity index is 1.68. The fourth-order valence-corrected chi connectivity index (χ4v) is 2.73. The topological polar surface area (TPSA) is 91.1 Å². The Labute approximate surface area is 167 Å². The molecule has 3 rings (SSSR count). The van der Waals surface area contributed by atoms with E-state index in [0.717, 1.165) is 12.1 Å². The van der Waals surface area contributed by atoms with Gasteiger partial charge >= 0.3 is 0 Å². The molecule has 7 nitrogen and oxygen atoms in total. The van der Waals surface area contributed by atoms with Crippen LogP contribution in [0.4, 0.5) is 0 Å². The first kappa shape index (κ1) is 19.3. The fraction of sp³-hybridized carbons (Fsp3) is 0.278. The number of hydrogen-bond acceptors (Lipinski definition) is 4. The molecular formula is C18H20Cl2N6O. The van der Waals surface area contributed by atoms with Crippen LogP contribution in [0.3, 0.4) is 0 Å². The minimum Gasteiger partial charge on any atom is -0.461 e. The SMILES string of the molecule is CCNC(=NCc1nc(-c2ccco2)n[nH]1)NC(C)c1ccc(Cl)c(Cl)c1. The Bertz CT molecular complexity index is 906. The number of benzene rings is 1. The first-order chi connectivity index (χ1) is 13.1. The highest BCUT2D eigenvalue weighted by atomic mass is 35.5. The maximum Gasteiger partial charge on any atom is 0.216 e. The van der Waals surface area contributed by atoms with Crippen LogP contribution in [0.15, 0.2) is 46.0 Å². The molecule has 1 unspecified atom stereocenters. The summed E-state index contributed by atoms with van der Waals surface area (Å²) in [5.41, 5.74) is 1.01. The zero-order chi connectivity index (χ0) is 19.2. The first-order valence-electron chi connectivity index (χ1n) is 8.51. The average Bonchev–Trinajstić information content (AvgIpc) is 3.33. The van der Waals surface area contributed by atoms with Crippen molar-refractivity contribution in [3.8, 4) is 11.6 Å². The summed E-state index contributed by atoms with van der Waals surface area (Å²) < 4.78 is 5.29. The van der Waals surface area contributed by atoms with E-state index in [4.69, 9.17) is 27.6 Å². The molecule has 0 aliphatic rings. The maximum atomic E-state index is 6.11. The van der Waals surface area contributed by atoms with E-state index in [1.54, 1.807) is 24.5 Å². The molecule has 1 atom stereocenters. The van der Waals surface area contributed by atoms with Crippen LogP contribution in [0.5, 0.6) is 0 Å². The smallest absolute Gasteiger partial charge is 0.216 e. The van der Waals surface area contributed by atoms with Crippen LogP contribution in [-0.4, -0.2) is 27.7 Å². The van der Waals surface area contributed by atoms with Crippen molar-refractivity contribution in [1.82, 2.24) is 25.8 Å². The molecule has 0 saturated carbocycles. The summed E-state index contributed by atoms with van der Waals surface area (Å²) in [6.07, 6.45) is 1.58. The summed E-state index contributed by atoms with van der Waals surface area (Å²) in [5, 5.41) is 14.6. The lowest BCUT2D eigenvalue weighted by molar-refractivity contribution is 0.577. The number of H-pyrrole nitrogens is 1. The molecule has 3 aromatic rings. The largest absolute Gasteiger partial charge is 0.461 e. The van der Waals surface area contributed by atoms with Crippen molar-refractivity contribution >= 4 is 29.2 Å². The Morgan fingerprint density at radius 2 is 2.15 bits per heavy atom. The average molecular weight is 407 g/mol. The predicted molar refractivity (Wildman–Crippen MR) is 107 cm³/mol. The van der Waals surface area contributed by atoms with E-state index in [9.17, 15) is 0 Å². The second kappa shape index (κ2) is 8.92. The molecule has 9 heteroatoms. The zero-order valence-corrected chi connectivity index (χ0v) is 16.5. The number of halogens is 2. The summed E-state index contributed by atoms with van der Waals surface area (Å²) >= 11 is 12.1. The zero-order valence-electron chi connectivity index (χ0n) is 15.0. The van der Waals surface area contributed by atoms with Crippen LogP contribution in [0.1, 0.15) is 31.3 Å². The first-order valence-corrected chi connectivity index (χ1v) is 9.27. The van der Waals surface area contributed by atoms with Crippen molar-refractivity contribution in [3.63, 3.8) is 0 Å². The van der Waals surface area contributed by atoms with Gasteiger partial charge in [-0.1, -0.05) is 29.3 Å². The summed E-state index contributed by atoms with van der Waals surface area (Å²) in [7, 11) is 0. The molecule has 0 spiro atoms. The van der Waals surface area contributed by atoms with Gasteiger partial charge in [-0.25, -0.2) is 9.98 Å². The number of aromatic nitrogens is 3. The Morgan fingerprint density at radius 3 is 2.85 bits per heavy atom. The Kier molecular flexibility index (Phi) is 6.36. The van der Waals surface area contributed by atoms with Gasteiger partial charge in [0.05, 0.1) is 22.4 Å². The number of nitrogens with zero attached hydrogens (tertiary/aromatic N) is 3. The Hall–Kier alpha value is -2.51. The van der Waals surface area contributed by atoms with Gasteiger partial charge in [0.15, 0.2) is 11.7 Å². The predicted octanol–water partition coefficient (Wildman–Crippen LogP) is 4.19. The molecule has 27 heavy (non-hydrogen) atoms. The van der Waals surface area contributed by atoms with Crippen molar-refractivity contribution in [2.24, 2.45) is 4.99 Å². The summed E-state index contributed by atoms with van der Waals surface area (Å²) in [5.74, 6) is 2.42. The van der Waals surface area contributed by atoms with E-state index in [-0.39, 0.29) is 6.04 Å². The lowest BCUT2D eigenvalue weighted by Gasteiger charge is -2.18. The second-order valence-corrected chi connectivity index (χ2v) is 6.63. The molecule has 2 heterocycles. The van der Waals surface area contributed by atoms with E-state index in [0.29, 0.717) is 40.0 Å². The molecule has 0 bridgehead atoms. The van der Waals surface area contributed by atoms with Crippen molar-refractivity contribution in [2.45, 2.75) is 26.4 Å². The monoisotopic (exact) mass is 406 g/mol. The molecule has 0 aliphatic heterocycles. The van der Waals surface area contributed by atoms with Gasteiger partial charge in [0.1, 0.15) is 12.4 Å². The lowest BCUT2D eigenvalue weighted by atomic mass is 10.1. The third kappa shape index (κ3) is 5.02. The van der Waals surface area contributed by atoms with Gasteiger partial charge in [-0.05, 0) is 43.7 Å². The highest BCUT2D eigenvalue weighted by Crippen LogP contribution is 2.25. The molecule has 0 fully saturated rings. The van der Waals surface area contributed by atoms with Gasteiger partial charge in [0.25, 0.3) is 0 Å². The van der Waals surface area contributed by atoms with E-state index in [2.05, 4.69) is 30.8 Å². The third-order valence-corrected chi connectivity index (χ3v) is 4.54. The van der Waals surface area contributed by atoms with Crippen LogP contribution >= 0.6 is 23.2 Å². The number of hydrogen-bond donors (Lipinski definition) is 3. The second-order valence-electron chi connectivity index (χ2n) is 5.82. The number of nitrogens with one attached hydrogen (secondary N) is 3. The van der Waals surface area contributed by atoms with E-state index >= 15 is 0 Å². The number of guanidine groups is 1. The number of aromatic amines is 1. The quantitative estimate of drug-likeness (QED) is 0.421. The summed E-state index contributed by atoms with van der Waals surface area (Å²) in [6.45, 7) is 5.10.